The molecule has 2 amide bonds. The molecule has 0 aliphatic carbocycles. The van der Waals surface area contributed by atoms with Crippen LogP contribution in [0.3, 0.4) is 0 Å². The second-order valence-electron chi connectivity index (χ2n) is 7.92. The highest BCUT2D eigenvalue weighted by Gasteiger charge is 2.30. The van der Waals surface area contributed by atoms with Gasteiger partial charge in [-0.3, -0.25) is 9.59 Å². The van der Waals surface area contributed by atoms with Gasteiger partial charge in [0.05, 0.1) is 23.0 Å². The smallest absolute Gasteiger partial charge is 0.225 e. The number of carbonyl (C=O) groups is 2. The van der Waals surface area contributed by atoms with Crippen molar-refractivity contribution in [3.8, 4) is 0 Å². The Bertz CT molecular complexity index is 981. The molecular weight excluding hydrogens is 376 g/mol. The number of imidazole rings is 1. The molecule has 1 unspecified atom stereocenters. The first-order valence-electron chi connectivity index (χ1n) is 10.7. The lowest BCUT2D eigenvalue weighted by atomic mass is 9.96. The van der Waals surface area contributed by atoms with E-state index in [1.165, 1.54) is 0 Å². The Morgan fingerprint density at radius 2 is 1.93 bits per heavy atom. The lowest BCUT2D eigenvalue weighted by molar-refractivity contribution is -0.135. The summed E-state index contributed by atoms with van der Waals surface area (Å²) in [7, 11) is 0. The van der Waals surface area contributed by atoms with E-state index in [2.05, 4.69) is 22.4 Å². The molecule has 2 heterocycles. The molecule has 2 aromatic carbocycles. The number of hydrogen-bond acceptors (Lipinski definition) is 3. The van der Waals surface area contributed by atoms with Crippen LogP contribution in [0.25, 0.3) is 11.0 Å². The molecule has 30 heavy (non-hydrogen) atoms. The Hall–Kier alpha value is -3.15. The van der Waals surface area contributed by atoms with Gasteiger partial charge in [-0.05, 0) is 37.0 Å². The summed E-state index contributed by atoms with van der Waals surface area (Å²) in [6, 6.07) is 17.7. The van der Waals surface area contributed by atoms with Crippen molar-refractivity contribution < 1.29 is 9.59 Å². The molecule has 1 aliphatic rings. The SMILES string of the molecule is CCC(=O)N1CCCC(C(=O)N[C@@H](Cc2ccccc2)c2nc3ccccc3[nH]2)C1. The number of hydrogen-bond donors (Lipinski definition) is 2. The van der Waals surface area contributed by atoms with Crippen molar-refractivity contribution in [3.63, 3.8) is 0 Å². The lowest BCUT2D eigenvalue weighted by Gasteiger charge is -2.32. The number of para-hydroxylation sites is 2. The number of likely N-dealkylation sites (tertiary alicyclic amines) is 1. The second-order valence-corrected chi connectivity index (χ2v) is 7.92. The van der Waals surface area contributed by atoms with Gasteiger partial charge in [-0.2, -0.15) is 0 Å². The van der Waals surface area contributed by atoms with Crippen LogP contribution >= 0.6 is 0 Å². The Labute approximate surface area is 176 Å². The molecule has 156 valence electrons. The van der Waals surface area contributed by atoms with Gasteiger partial charge in [0.2, 0.25) is 11.8 Å². The van der Waals surface area contributed by atoms with Crippen LogP contribution < -0.4 is 5.32 Å². The Morgan fingerprint density at radius 1 is 1.17 bits per heavy atom. The van der Waals surface area contributed by atoms with Gasteiger partial charge in [0, 0.05) is 19.5 Å². The maximum Gasteiger partial charge on any atom is 0.225 e. The first-order valence-corrected chi connectivity index (χ1v) is 10.7. The van der Waals surface area contributed by atoms with E-state index >= 15 is 0 Å². The maximum absolute atomic E-state index is 13.2. The maximum atomic E-state index is 13.2. The average Bonchev–Trinajstić information content (AvgIpc) is 3.23. The van der Waals surface area contributed by atoms with E-state index in [1.54, 1.807) is 0 Å². The van der Waals surface area contributed by atoms with Crippen molar-refractivity contribution in [2.75, 3.05) is 13.1 Å². The van der Waals surface area contributed by atoms with Crippen LogP contribution in [-0.2, 0) is 16.0 Å². The van der Waals surface area contributed by atoms with Crippen molar-refractivity contribution in [1.82, 2.24) is 20.2 Å². The molecule has 2 N–H and O–H groups in total. The monoisotopic (exact) mass is 404 g/mol. The van der Waals surface area contributed by atoms with Gasteiger partial charge in [-0.25, -0.2) is 4.98 Å². The molecule has 1 fully saturated rings. The fourth-order valence-electron chi connectivity index (χ4n) is 4.13. The first kappa shape index (κ1) is 20.1. The topological polar surface area (TPSA) is 78.1 Å². The van der Waals surface area contributed by atoms with E-state index in [-0.39, 0.29) is 23.8 Å². The zero-order valence-electron chi connectivity index (χ0n) is 17.3. The fourth-order valence-corrected chi connectivity index (χ4v) is 4.13. The van der Waals surface area contributed by atoms with Crippen LogP contribution in [0.15, 0.2) is 54.6 Å². The van der Waals surface area contributed by atoms with Crippen LogP contribution in [0.1, 0.15) is 43.6 Å². The summed E-state index contributed by atoms with van der Waals surface area (Å²) in [4.78, 5) is 35.2. The molecule has 0 bridgehead atoms. The van der Waals surface area contributed by atoms with E-state index in [0.29, 0.717) is 19.4 Å². The number of rotatable bonds is 6. The van der Waals surface area contributed by atoms with Crippen molar-refractivity contribution in [2.45, 2.75) is 38.6 Å². The average molecular weight is 405 g/mol. The Kier molecular flexibility index (Phi) is 6.12. The summed E-state index contributed by atoms with van der Waals surface area (Å²) in [5, 5.41) is 3.22. The molecular formula is C24H28N4O2. The molecule has 0 saturated carbocycles. The molecule has 3 aromatic rings. The number of aromatic amines is 1. The van der Waals surface area contributed by atoms with E-state index in [9.17, 15) is 9.59 Å². The molecule has 1 aliphatic heterocycles. The molecule has 1 saturated heterocycles. The number of H-pyrrole nitrogens is 1. The van der Waals surface area contributed by atoms with E-state index in [4.69, 9.17) is 4.98 Å². The van der Waals surface area contributed by atoms with Crippen molar-refractivity contribution >= 4 is 22.8 Å². The Balaban J connectivity index is 1.54. The van der Waals surface area contributed by atoms with E-state index < -0.39 is 0 Å². The Morgan fingerprint density at radius 3 is 2.70 bits per heavy atom. The molecule has 1 aromatic heterocycles. The summed E-state index contributed by atoms with van der Waals surface area (Å²) in [5.74, 6) is 0.679. The predicted octanol–water partition coefficient (Wildman–Crippen LogP) is 3.61. The van der Waals surface area contributed by atoms with Crippen LogP contribution in [-0.4, -0.2) is 39.8 Å². The van der Waals surface area contributed by atoms with Gasteiger partial charge in [0.1, 0.15) is 5.82 Å². The highest BCUT2D eigenvalue weighted by atomic mass is 16.2. The van der Waals surface area contributed by atoms with Crippen LogP contribution in [0, 0.1) is 5.92 Å². The highest BCUT2D eigenvalue weighted by Crippen LogP contribution is 2.23. The number of benzene rings is 2. The standard InChI is InChI=1S/C24H28N4O2/c1-2-22(29)28-14-8-11-18(16-28)24(30)27-21(15-17-9-4-3-5-10-17)23-25-19-12-6-7-13-20(19)26-23/h3-7,9-10,12-13,18,21H,2,8,11,14-16H2,1H3,(H,25,26)(H,27,30)/t18?,21-/m0/s1. The number of nitrogens with zero attached hydrogens (tertiary/aromatic N) is 2. The molecule has 6 nitrogen and oxygen atoms in total. The summed E-state index contributed by atoms with van der Waals surface area (Å²) in [6.45, 7) is 3.10. The van der Waals surface area contributed by atoms with E-state index in [1.807, 2.05) is 54.3 Å². The van der Waals surface area contributed by atoms with Gasteiger partial charge < -0.3 is 15.2 Å². The quantitative estimate of drug-likeness (QED) is 0.659. The normalized spacial score (nSPS) is 17.6. The summed E-state index contributed by atoms with van der Waals surface area (Å²) < 4.78 is 0. The van der Waals surface area contributed by atoms with Gasteiger partial charge in [-0.15, -0.1) is 0 Å². The first-order chi connectivity index (χ1) is 14.6. The van der Waals surface area contributed by atoms with Gasteiger partial charge in [0.25, 0.3) is 0 Å². The third-order valence-electron chi connectivity index (χ3n) is 5.78. The number of fused-ring (bicyclic) bond motifs is 1. The minimum atomic E-state index is -0.260. The van der Waals surface area contributed by atoms with Crippen molar-refractivity contribution in [1.29, 1.82) is 0 Å². The van der Waals surface area contributed by atoms with Gasteiger partial charge in [-0.1, -0.05) is 49.4 Å². The van der Waals surface area contributed by atoms with Crippen molar-refractivity contribution in [2.24, 2.45) is 5.92 Å². The molecule has 2 atom stereocenters. The largest absolute Gasteiger partial charge is 0.346 e. The number of piperidine rings is 1. The molecule has 0 spiro atoms. The highest BCUT2D eigenvalue weighted by molar-refractivity contribution is 5.82. The number of nitrogens with one attached hydrogen (secondary N) is 2. The molecule has 4 rings (SSSR count). The van der Waals surface area contributed by atoms with Crippen LogP contribution in [0.2, 0.25) is 0 Å². The zero-order chi connectivity index (χ0) is 20.9. The van der Waals surface area contributed by atoms with Crippen LogP contribution in [0.5, 0.6) is 0 Å². The molecule has 6 heteroatoms. The predicted molar refractivity (Wildman–Crippen MR) is 117 cm³/mol. The van der Waals surface area contributed by atoms with Gasteiger partial charge >= 0.3 is 0 Å². The van der Waals surface area contributed by atoms with Crippen molar-refractivity contribution in [3.05, 3.63) is 66.0 Å². The summed E-state index contributed by atoms with van der Waals surface area (Å²) in [5.41, 5.74) is 2.98. The van der Waals surface area contributed by atoms with E-state index in [0.717, 1.165) is 41.8 Å². The summed E-state index contributed by atoms with van der Waals surface area (Å²) in [6.07, 6.45) is 2.79. The third kappa shape index (κ3) is 4.53. The van der Waals surface area contributed by atoms with Crippen LogP contribution in [0.4, 0.5) is 0 Å². The number of aromatic nitrogens is 2. The third-order valence-corrected chi connectivity index (χ3v) is 5.78. The fraction of sp³-hybridized carbons (Fsp3) is 0.375. The lowest BCUT2D eigenvalue weighted by Crippen LogP contribution is -2.46. The molecule has 0 radical (unpaired) electrons. The second kappa shape index (κ2) is 9.11. The minimum absolute atomic E-state index is 0.00927. The van der Waals surface area contributed by atoms with Gasteiger partial charge in [0.15, 0.2) is 0 Å². The number of carbonyl (C=O) groups excluding carboxylic acids is 2. The summed E-state index contributed by atoms with van der Waals surface area (Å²) >= 11 is 0. The minimum Gasteiger partial charge on any atom is -0.346 e. The zero-order valence-corrected chi connectivity index (χ0v) is 17.3. The number of amides is 2.